The molecular formula is C34H56N2O8. The zero-order chi connectivity index (χ0) is 31.0. The van der Waals surface area contributed by atoms with Crippen molar-refractivity contribution in [2.24, 2.45) is 11.8 Å². The molecule has 1 heterocycles. The van der Waals surface area contributed by atoms with E-state index in [9.17, 15) is 4.79 Å². The lowest BCUT2D eigenvalue weighted by Gasteiger charge is -2.46. The van der Waals surface area contributed by atoms with Crippen molar-refractivity contribution < 1.29 is 38.0 Å². The van der Waals surface area contributed by atoms with E-state index in [1.807, 2.05) is 0 Å². The number of anilines is 1. The second-order valence-electron chi connectivity index (χ2n) is 12.4. The molecule has 1 aliphatic heterocycles. The summed E-state index contributed by atoms with van der Waals surface area (Å²) >= 11 is 0. The van der Waals surface area contributed by atoms with Gasteiger partial charge in [-0.3, -0.25) is 9.69 Å². The SMILES string of the molecule is COCCOCCOCCOCCOCCOCCOCCNc1ccc2c(c1)[C@@]1(C)CCCN(CC3CC3)[C@H](C2=O)[C@@H]1C. The summed E-state index contributed by atoms with van der Waals surface area (Å²) in [5.74, 6) is 1.43. The van der Waals surface area contributed by atoms with Crippen molar-refractivity contribution in [1.29, 1.82) is 0 Å². The average Bonchev–Trinajstić information content (AvgIpc) is 3.85. The molecule has 10 nitrogen and oxygen atoms in total. The van der Waals surface area contributed by atoms with Gasteiger partial charge in [0.1, 0.15) is 0 Å². The summed E-state index contributed by atoms with van der Waals surface area (Å²) in [4.78, 5) is 16.2. The van der Waals surface area contributed by atoms with Crippen LogP contribution < -0.4 is 5.32 Å². The lowest BCUT2D eigenvalue weighted by atomic mass is 9.61. The number of hydrogen-bond donors (Lipinski definition) is 1. The molecule has 4 rings (SSSR count). The number of likely N-dealkylation sites (tertiary alicyclic amines) is 1. The molecule has 44 heavy (non-hydrogen) atoms. The van der Waals surface area contributed by atoms with Gasteiger partial charge < -0.3 is 38.5 Å². The normalized spacial score (nSPS) is 23.5. The molecule has 1 saturated heterocycles. The third-order valence-corrected chi connectivity index (χ3v) is 9.24. The van der Waals surface area contributed by atoms with Gasteiger partial charge in [-0.05, 0) is 73.2 Å². The van der Waals surface area contributed by atoms with Crippen LogP contribution >= 0.6 is 0 Å². The van der Waals surface area contributed by atoms with Gasteiger partial charge in [0, 0.05) is 31.5 Å². The van der Waals surface area contributed by atoms with Gasteiger partial charge in [-0.2, -0.15) is 0 Å². The quantitative estimate of drug-likeness (QED) is 0.172. The number of carbonyl (C=O) groups is 1. The van der Waals surface area contributed by atoms with Gasteiger partial charge in [-0.15, -0.1) is 0 Å². The average molecular weight is 621 g/mol. The van der Waals surface area contributed by atoms with Gasteiger partial charge in [0.25, 0.3) is 0 Å². The number of methoxy groups -OCH3 is 1. The zero-order valence-corrected chi connectivity index (χ0v) is 27.3. The van der Waals surface area contributed by atoms with Crippen LogP contribution in [-0.2, 0) is 38.6 Å². The van der Waals surface area contributed by atoms with Gasteiger partial charge >= 0.3 is 0 Å². The Kier molecular flexibility index (Phi) is 15.3. The van der Waals surface area contributed by atoms with Crippen LogP contribution in [0.15, 0.2) is 18.2 Å². The molecule has 2 bridgehead atoms. The van der Waals surface area contributed by atoms with Crippen molar-refractivity contribution in [3.8, 4) is 0 Å². The number of nitrogens with one attached hydrogen (secondary N) is 1. The number of hydrogen-bond acceptors (Lipinski definition) is 10. The lowest BCUT2D eigenvalue weighted by molar-refractivity contribution is -0.0187. The molecule has 0 radical (unpaired) electrons. The maximum absolute atomic E-state index is 13.7. The fourth-order valence-electron chi connectivity index (χ4n) is 6.40. The molecule has 2 aliphatic carbocycles. The van der Waals surface area contributed by atoms with Gasteiger partial charge in [0.15, 0.2) is 5.78 Å². The van der Waals surface area contributed by atoms with Gasteiger partial charge in [-0.25, -0.2) is 0 Å². The minimum Gasteiger partial charge on any atom is -0.383 e. The topological polar surface area (TPSA) is 97.0 Å². The van der Waals surface area contributed by atoms with Crippen LogP contribution in [0.25, 0.3) is 0 Å². The number of nitrogens with zero attached hydrogens (tertiary/aromatic N) is 1. The van der Waals surface area contributed by atoms with E-state index in [4.69, 9.17) is 33.2 Å². The first kappa shape index (κ1) is 35.2. The van der Waals surface area contributed by atoms with Crippen molar-refractivity contribution in [2.45, 2.75) is 51.0 Å². The number of fused-ring (bicyclic) bond motifs is 4. The Balaban J connectivity index is 1.01. The maximum Gasteiger partial charge on any atom is 0.180 e. The smallest absolute Gasteiger partial charge is 0.180 e. The highest BCUT2D eigenvalue weighted by Crippen LogP contribution is 2.49. The van der Waals surface area contributed by atoms with Crippen LogP contribution in [0.4, 0.5) is 5.69 Å². The molecule has 0 amide bonds. The zero-order valence-electron chi connectivity index (χ0n) is 27.3. The van der Waals surface area contributed by atoms with Crippen molar-refractivity contribution in [2.75, 3.05) is 118 Å². The summed E-state index contributed by atoms with van der Waals surface area (Å²) in [7, 11) is 1.65. The fourth-order valence-corrected chi connectivity index (χ4v) is 6.40. The summed E-state index contributed by atoms with van der Waals surface area (Å²) in [5, 5.41) is 3.50. The number of benzene rings is 1. The summed E-state index contributed by atoms with van der Waals surface area (Å²) in [6, 6.07) is 6.35. The minimum absolute atomic E-state index is 0.0175. The molecule has 0 spiro atoms. The Morgan fingerprint density at radius 1 is 0.818 bits per heavy atom. The van der Waals surface area contributed by atoms with E-state index in [1.54, 1.807) is 7.11 Å². The van der Waals surface area contributed by atoms with E-state index >= 15 is 0 Å². The second kappa shape index (κ2) is 19.1. The van der Waals surface area contributed by atoms with Crippen molar-refractivity contribution in [3.63, 3.8) is 0 Å². The van der Waals surface area contributed by atoms with Crippen molar-refractivity contribution >= 4 is 11.5 Å². The maximum atomic E-state index is 13.7. The third kappa shape index (κ3) is 10.7. The van der Waals surface area contributed by atoms with E-state index < -0.39 is 0 Å². The Morgan fingerprint density at radius 3 is 1.91 bits per heavy atom. The second-order valence-corrected chi connectivity index (χ2v) is 12.4. The van der Waals surface area contributed by atoms with Crippen molar-refractivity contribution in [1.82, 2.24) is 4.90 Å². The highest BCUT2D eigenvalue weighted by molar-refractivity contribution is 6.03. The summed E-state index contributed by atoms with van der Waals surface area (Å²) in [6.07, 6.45) is 4.92. The van der Waals surface area contributed by atoms with Crippen LogP contribution in [0.5, 0.6) is 0 Å². The molecule has 10 heteroatoms. The highest BCUT2D eigenvalue weighted by Gasteiger charge is 2.51. The van der Waals surface area contributed by atoms with Gasteiger partial charge in [0.05, 0.1) is 91.9 Å². The number of Topliss-reactive ketones (excluding diaryl/α,β-unsaturated/α-hetero) is 1. The molecule has 3 atom stereocenters. The minimum atomic E-state index is 0.0175. The van der Waals surface area contributed by atoms with Crippen LogP contribution in [0, 0.1) is 11.8 Å². The number of carbonyl (C=O) groups excluding carboxylic acids is 1. The lowest BCUT2D eigenvalue weighted by Crippen LogP contribution is -2.53. The van der Waals surface area contributed by atoms with E-state index in [1.165, 1.54) is 18.4 Å². The predicted octanol–water partition coefficient (Wildman–Crippen LogP) is 3.81. The summed E-state index contributed by atoms with van der Waals surface area (Å²) in [5.41, 5.74) is 3.22. The van der Waals surface area contributed by atoms with Gasteiger partial charge in [-0.1, -0.05) is 13.8 Å². The number of ketones is 1. The number of rotatable bonds is 24. The summed E-state index contributed by atoms with van der Waals surface area (Å²) in [6.45, 7) is 14.7. The predicted molar refractivity (Wildman–Crippen MR) is 170 cm³/mol. The Labute approximate surface area is 264 Å². The first-order valence-corrected chi connectivity index (χ1v) is 16.7. The molecular weight excluding hydrogens is 564 g/mol. The van der Waals surface area contributed by atoms with Crippen molar-refractivity contribution in [3.05, 3.63) is 29.3 Å². The Morgan fingerprint density at radius 2 is 1.36 bits per heavy atom. The molecule has 3 aliphatic rings. The molecule has 1 saturated carbocycles. The molecule has 2 fully saturated rings. The first-order chi connectivity index (χ1) is 21.5. The Bertz CT molecular complexity index is 977. The molecule has 1 N–H and O–H groups in total. The Hall–Kier alpha value is -1.63. The largest absolute Gasteiger partial charge is 0.383 e. The molecule has 1 aromatic carbocycles. The molecule has 0 aromatic heterocycles. The van der Waals surface area contributed by atoms with Crippen LogP contribution in [0.1, 0.15) is 55.5 Å². The molecule has 250 valence electrons. The highest BCUT2D eigenvalue weighted by atomic mass is 16.6. The van der Waals surface area contributed by atoms with E-state index in [0.29, 0.717) is 104 Å². The van der Waals surface area contributed by atoms with Crippen LogP contribution in [-0.4, -0.2) is 129 Å². The standard InChI is InChI=1S/C34H56N2O8/c1-27-32-33(37)30-8-7-29(25-31(30)34(27,2)9-4-11-36(32)26-28-5-6-28)35-10-12-39-15-16-41-19-20-43-23-24-44-22-21-42-18-17-40-14-13-38-3/h7-8,25,27-28,32,35H,4-6,9-24,26H2,1-3H3/t27-,32-,34-/m0/s1. The molecule has 1 aromatic rings. The fraction of sp³-hybridized carbons (Fsp3) is 0.794. The van der Waals surface area contributed by atoms with E-state index in [0.717, 1.165) is 43.1 Å². The van der Waals surface area contributed by atoms with Gasteiger partial charge in [0.2, 0.25) is 0 Å². The molecule has 0 unspecified atom stereocenters. The van der Waals surface area contributed by atoms with E-state index in [2.05, 4.69) is 42.3 Å². The summed E-state index contributed by atoms with van der Waals surface area (Å²) < 4.78 is 38.0. The monoisotopic (exact) mass is 620 g/mol. The van der Waals surface area contributed by atoms with Crippen LogP contribution in [0.2, 0.25) is 0 Å². The van der Waals surface area contributed by atoms with E-state index in [-0.39, 0.29) is 11.5 Å². The first-order valence-electron chi connectivity index (χ1n) is 16.7. The number of ether oxygens (including phenoxy) is 7. The third-order valence-electron chi connectivity index (χ3n) is 9.24. The van der Waals surface area contributed by atoms with Crippen LogP contribution in [0.3, 0.4) is 0 Å².